The lowest BCUT2D eigenvalue weighted by molar-refractivity contribution is 0.0145. The monoisotopic (exact) mass is 378 g/mol. The first kappa shape index (κ1) is 19.7. The van der Waals surface area contributed by atoms with E-state index < -0.39 is 17.8 Å². The standard InChI is InChI=1S/C22H25F3O2/c1-3-12-26-17-8-6-15(7-9-17)19-11-10-18(20(21(19)23)22(24)25)16-5-4-14(2)27-13-16/h6-11,14,16,22H,3-5,12-13H2,1-2H3. The fraction of sp³-hybridized carbons (Fsp3) is 0.455. The minimum absolute atomic E-state index is 0.119. The number of ether oxygens (including phenoxy) is 2. The molecule has 1 fully saturated rings. The maximum Gasteiger partial charge on any atom is 0.266 e. The summed E-state index contributed by atoms with van der Waals surface area (Å²) in [6.45, 7) is 4.92. The van der Waals surface area contributed by atoms with E-state index in [9.17, 15) is 8.78 Å². The number of hydrogen-bond acceptors (Lipinski definition) is 2. The van der Waals surface area contributed by atoms with E-state index in [1.807, 2.05) is 13.8 Å². The van der Waals surface area contributed by atoms with E-state index in [1.165, 1.54) is 0 Å². The minimum Gasteiger partial charge on any atom is -0.494 e. The van der Waals surface area contributed by atoms with E-state index >= 15 is 4.39 Å². The second-order valence-corrected chi connectivity index (χ2v) is 7.02. The van der Waals surface area contributed by atoms with Crippen molar-refractivity contribution in [3.63, 3.8) is 0 Å². The van der Waals surface area contributed by atoms with Gasteiger partial charge in [-0.05, 0) is 49.4 Å². The first-order valence-corrected chi connectivity index (χ1v) is 9.46. The molecule has 27 heavy (non-hydrogen) atoms. The molecule has 0 saturated carbocycles. The Morgan fingerprint density at radius 2 is 1.85 bits per heavy atom. The molecule has 0 N–H and O–H groups in total. The van der Waals surface area contributed by atoms with Crippen LogP contribution in [0, 0.1) is 5.82 Å². The Morgan fingerprint density at radius 1 is 1.11 bits per heavy atom. The van der Waals surface area contributed by atoms with Crippen molar-refractivity contribution >= 4 is 0 Å². The van der Waals surface area contributed by atoms with Crippen LogP contribution >= 0.6 is 0 Å². The van der Waals surface area contributed by atoms with Gasteiger partial charge < -0.3 is 9.47 Å². The van der Waals surface area contributed by atoms with Gasteiger partial charge in [-0.25, -0.2) is 13.2 Å². The van der Waals surface area contributed by atoms with E-state index in [1.54, 1.807) is 36.4 Å². The summed E-state index contributed by atoms with van der Waals surface area (Å²) in [5.41, 5.74) is 0.600. The summed E-state index contributed by atoms with van der Waals surface area (Å²) in [6.07, 6.45) is -0.349. The van der Waals surface area contributed by atoms with Gasteiger partial charge in [-0.15, -0.1) is 0 Å². The second kappa shape index (κ2) is 8.79. The first-order chi connectivity index (χ1) is 13.0. The van der Waals surface area contributed by atoms with Crippen molar-refractivity contribution < 1.29 is 22.6 Å². The third kappa shape index (κ3) is 4.46. The molecule has 2 atom stereocenters. The topological polar surface area (TPSA) is 18.5 Å². The Morgan fingerprint density at radius 3 is 2.44 bits per heavy atom. The quantitative estimate of drug-likeness (QED) is 0.571. The molecule has 1 saturated heterocycles. The minimum atomic E-state index is -2.87. The molecule has 0 amide bonds. The molecule has 0 radical (unpaired) electrons. The van der Waals surface area contributed by atoms with Gasteiger partial charge in [0, 0.05) is 11.5 Å². The third-order valence-electron chi connectivity index (χ3n) is 5.01. The molecule has 0 spiro atoms. The van der Waals surface area contributed by atoms with Gasteiger partial charge in [0.15, 0.2) is 0 Å². The number of alkyl halides is 2. The summed E-state index contributed by atoms with van der Waals surface area (Å²) in [4.78, 5) is 0. The maximum atomic E-state index is 15.1. The van der Waals surface area contributed by atoms with Crippen LogP contribution in [0.3, 0.4) is 0 Å². The lowest BCUT2D eigenvalue weighted by Crippen LogP contribution is -2.23. The molecular formula is C22H25F3O2. The van der Waals surface area contributed by atoms with Crippen LogP contribution in [0.2, 0.25) is 0 Å². The number of halogens is 3. The summed E-state index contributed by atoms with van der Waals surface area (Å²) >= 11 is 0. The highest BCUT2D eigenvalue weighted by atomic mass is 19.3. The highest BCUT2D eigenvalue weighted by molar-refractivity contribution is 5.67. The van der Waals surface area contributed by atoms with Crippen molar-refractivity contribution in [1.29, 1.82) is 0 Å². The maximum absolute atomic E-state index is 15.1. The summed E-state index contributed by atoms with van der Waals surface area (Å²) in [6, 6.07) is 10.1. The molecule has 0 bridgehead atoms. The highest BCUT2D eigenvalue weighted by Gasteiger charge is 2.29. The van der Waals surface area contributed by atoms with E-state index in [0.717, 1.165) is 19.3 Å². The van der Waals surface area contributed by atoms with Crippen molar-refractivity contribution in [2.45, 2.75) is 51.6 Å². The summed E-state index contributed by atoms with van der Waals surface area (Å²) < 4.78 is 53.6. The largest absolute Gasteiger partial charge is 0.494 e. The first-order valence-electron chi connectivity index (χ1n) is 9.46. The Kier molecular flexibility index (Phi) is 6.42. The zero-order valence-corrected chi connectivity index (χ0v) is 15.7. The fourth-order valence-corrected chi connectivity index (χ4v) is 3.49. The van der Waals surface area contributed by atoms with Crippen LogP contribution in [0.25, 0.3) is 11.1 Å². The molecule has 0 aromatic heterocycles. The van der Waals surface area contributed by atoms with Gasteiger partial charge in [0.1, 0.15) is 11.6 Å². The second-order valence-electron chi connectivity index (χ2n) is 7.02. The molecule has 1 aliphatic rings. The molecule has 2 aromatic rings. The number of benzene rings is 2. The van der Waals surface area contributed by atoms with Gasteiger partial charge in [-0.3, -0.25) is 0 Å². The van der Waals surface area contributed by atoms with Crippen LogP contribution in [-0.2, 0) is 4.74 Å². The smallest absolute Gasteiger partial charge is 0.266 e. The Bertz CT molecular complexity index is 751. The van der Waals surface area contributed by atoms with Crippen LogP contribution in [0.15, 0.2) is 36.4 Å². The SMILES string of the molecule is CCCOc1ccc(-c2ccc(C3CCC(C)OC3)c(C(F)F)c2F)cc1. The Hall–Kier alpha value is -2.01. The van der Waals surface area contributed by atoms with Crippen LogP contribution in [0.5, 0.6) is 5.75 Å². The van der Waals surface area contributed by atoms with Gasteiger partial charge in [0.05, 0.1) is 24.9 Å². The number of rotatable bonds is 6. The molecule has 3 rings (SSSR count). The van der Waals surface area contributed by atoms with Crippen molar-refractivity contribution in [3.05, 3.63) is 53.3 Å². The highest BCUT2D eigenvalue weighted by Crippen LogP contribution is 2.39. The molecule has 146 valence electrons. The third-order valence-corrected chi connectivity index (χ3v) is 5.01. The van der Waals surface area contributed by atoms with E-state index in [2.05, 4.69) is 0 Å². The van der Waals surface area contributed by atoms with Gasteiger partial charge in [-0.1, -0.05) is 31.2 Å². The molecule has 2 unspecified atom stereocenters. The van der Waals surface area contributed by atoms with Crippen LogP contribution in [-0.4, -0.2) is 19.3 Å². The van der Waals surface area contributed by atoms with Crippen LogP contribution < -0.4 is 4.74 Å². The normalized spacial score (nSPS) is 20.1. The van der Waals surface area contributed by atoms with Gasteiger partial charge >= 0.3 is 0 Å². The fourth-order valence-electron chi connectivity index (χ4n) is 3.49. The average Bonchev–Trinajstić information content (AvgIpc) is 2.67. The van der Waals surface area contributed by atoms with Gasteiger partial charge in [0.2, 0.25) is 0 Å². The zero-order chi connectivity index (χ0) is 19.4. The molecule has 1 aliphatic heterocycles. The van der Waals surface area contributed by atoms with E-state index in [-0.39, 0.29) is 17.6 Å². The lowest BCUT2D eigenvalue weighted by atomic mass is 9.86. The van der Waals surface area contributed by atoms with E-state index in [0.29, 0.717) is 30.1 Å². The van der Waals surface area contributed by atoms with Gasteiger partial charge in [0.25, 0.3) is 6.43 Å². The molecule has 5 heteroatoms. The summed E-state index contributed by atoms with van der Waals surface area (Å²) in [5, 5.41) is 0. The van der Waals surface area contributed by atoms with Crippen molar-refractivity contribution in [2.24, 2.45) is 0 Å². The van der Waals surface area contributed by atoms with Crippen LogP contribution in [0.4, 0.5) is 13.2 Å². The molecule has 0 aliphatic carbocycles. The average molecular weight is 378 g/mol. The molecule has 2 aromatic carbocycles. The van der Waals surface area contributed by atoms with Crippen molar-refractivity contribution in [1.82, 2.24) is 0 Å². The summed E-state index contributed by atoms with van der Waals surface area (Å²) in [5.74, 6) is -0.359. The Labute approximate surface area is 158 Å². The molecular weight excluding hydrogens is 353 g/mol. The van der Waals surface area contributed by atoms with E-state index in [4.69, 9.17) is 9.47 Å². The predicted octanol–water partition coefficient (Wildman–Crippen LogP) is 6.50. The summed E-state index contributed by atoms with van der Waals surface area (Å²) in [7, 11) is 0. The predicted molar refractivity (Wildman–Crippen MR) is 100.0 cm³/mol. The van der Waals surface area contributed by atoms with Crippen molar-refractivity contribution in [3.8, 4) is 16.9 Å². The van der Waals surface area contributed by atoms with Crippen LogP contribution in [0.1, 0.15) is 56.6 Å². The molecule has 2 nitrogen and oxygen atoms in total. The van der Waals surface area contributed by atoms with Gasteiger partial charge in [-0.2, -0.15) is 0 Å². The zero-order valence-electron chi connectivity index (χ0n) is 15.7. The number of hydrogen-bond donors (Lipinski definition) is 0. The Balaban J connectivity index is 1.92. The van der Waals surface area contributed by atoms with Crippen molar-refractivity contribution in [2.75, 3.05) is 13.2 Å². The lowest BCUT2D eigenvalue weighted by Gasteiger charge is -2.29. The molecule has 1 heterocycles.